The van der Waals surface area contributed by atoms with E-state index in [-0.39, 0.29) is 22.3 Å². The zero-order valence-electron chi connectivity index (χ0n) is 16.7. The summed E-state index contributed by atoms with van der Waals surface area (Å²) < 4.78 is 48.3. The predicted octanol–water partition coefficient (Wildman–Crippen LogP) is 5.40. The van der Waals surface area contributed by atoms with Crippen molar-refractivity contribution in [2.45, 2.75) is 24.8 Å². The lowest BCUT2D eigenvalue weighted by molar-refractivity contribution is 0.482. The third-order valence-corrected chi connectivity index (χ3v) is 6.38. The molecule has 6 nitrogen and oxygen atoms in total. The van der Waals surface area contributed by atoms with Gasteiger partial charge in [0.1, 0.15) is 22.1 Å². The summed E-state index contributed by atoms with van der Waals surface area (Å²) in [7, 11) is -3.93. The first-order valence-electron chi connectivity index (χ1n) is 9.44. The van der Waals surface area contributed by atoms with Gasteiger partial charge in [0, 0.05) is 5.56 Å². The number of para-hydroxylation sites is 1. The predicted molar refractivity (Wildman–Crippen MR) is 119 cm³/mol. The maximum absolute atomic E-state index is 14.1. The summed E-state index contributed by atoms with van der Waals surface area (Å²) in [6, 6.07) is 15.7. The van der Waals surface area contributed by atoms with Gasteiger partial charge >= 0.3 is 0 Å². The number of nitrogens with one attached hydrogen (secondary N) is 2. The zero-order chi connectivity index (χ0) is 22.2. The Bertz CT molecular complexity index is 1290. The lowest BCUT2D eigenvalue weighted by Gasteiger charge is -2.25. The Morgan fingerprint density at radius 2 is 1.77 bits per heavy atom. The van der Waals surface area contributed by atoms with Crippen LogP contribution in [0, 0.1) is 12.7 Å². The van der Waals surface area contributed by atoms with Crippen LogP contribution in [0.1, 0.15) is 24.1 Å². The lowest BCUT2D eigenvalue weighted by atomic mass is 10.1. The van der Waals surface area contributed by atoms with Crippen LogP contribution in [-0.4, -0.2) is 14.4 Å². The highest BCUT2D eigenvalue weighted by molar-refractivity contribution is 7.90. The quantitative estimate of drug-likeness (QED) is 0.547. The number of ether oxygens (including phenoxy) is 1. The second-order valence-corrected chi connectivity index (χ2v) is 9.13. The molecular formula is C22H19ClFN3O3S. The number of sulfonamides is 1. The first-order valence-corrected chi connectivity index (χ1v) is 11.3. The van der Waals surface area contributed by atoms with Crippen LogP contribution in [0.3, 0.4) is 0 Å². The Morgan fingerprint density at radius 3 is 2.52 bits per heavy atom. The van der Waals surface area contributed by atoms with Crippen molar-refractivity contribution in [1.82, 2.24) is 4.72 Å². The molecule has 1 aliphatic heterocycles. The highest BCUT2D eigenvalue weighted by atomic mass is 35.5. The van der Waals surface area contributed by atoms with Crippen LogP contribution in [0.15, 0.2) is 70.6 Å². The van der Waals surface area contributed by atoms with E-state index in [1.807, 2.05) is 0 Å². The van der Waals surface area contributed by atoms with Crippen molar-refractivity contribution in [2.24, 2.45) is 4.99 Å². The number of hydrogen-bond acceptors (Lipinski definition) is 4. The van der Waals surface area contributed by atoms with Gasteiger partial charge in [-0.05, 0) is 49.7 Å². The largest absolute Gasteiger partial charge is 0.454 e. The minimum atomic E-state index is -3.93. The molecule has 0 aliphatic carbocycles. The summed E-state index contributed by atoms with van der Waals surface area (Å²) in [6.07, 6.45) is 0. The van der Waals surface area contributed by atoms with E-state index in [0.717, 1.165) is 0 Å². The van der Waals surface area contributed by atoms with Crippen molar-refractivity contribution < 1.29 is 17.5 Å². The number of hydrogen-bond donors (Lipinski definition) is 2. The molecule has 0 bridgehead atoms. The van der Waals surface area contributed by atoms with Gasteiger partial charge in [-0.15, -0.1) is 0 Å². The van der Waals surface area contributed by atoms with Crippen molar-refractivity contribution in [3.63, 3.8) is 0 Å². The fourth-order valence-electron chi connectivity index (χ4n) is 3.24. The summed E-state index contributed by atoms with van der Waals surface area (Å²) in [5, 5.41) is 3.36. The molecule has 3 aromatic rings. The highest BCUT2D eigenvalue weighted by Gasteiger charge is 2.30. The SMILES string of the molecule is Cc1cc(Oc2ccccc2Cl)c2c(c1)S(=O)(=O)NC(=N[C@@H](C)c1ccccc1F)N2. The molecule has 1 heterocycles. The molecule has 0 radical (unpaired) electrons. The summed E-state index contributed by atoms with van der Waals surface area (Å²) in [5.41, 5.74) is 1.26. The maximum Gasteiger partial charge on any atom is 0.266 e. The normalized spacial score (nSPS) is 16.7. The first kappa shape index (κ1) is 21.1. The van der Waals surface area contributed by atoms with Crippen LogP contribution in [0.25, 0.3) is 0 Å². The first-order chi connectivity index (χ1) is 14.7. The minimum Gasteiger partial charge on any atom is -0.454 e. The highest BCUT2D eigenvalue weighted by Crippen LogP contribution is 2.40. The molecule has 1 aliphatic rings. The lowest BCUT2D eigenvalue weighted by Crippen LogP contribution is -2.41. The van der Waals surface area contributed by atoms with E-state index in [9.17, 15) is 12.8 Å². The van der Waals surface area contributed by atoms with Crippen LogP contribution >= 0.6 is 11.6 Å². The Morgan fingerprint density at radius 1 is 1.06 bits per heavy atom. The number of aliphatic imine (C=N–C) groups is 1. The third-order valence-electron chi connectivity index (χ3n) is 4.71. The molecule has 0 amide bonds. The van der Waals surface area contributed by atoms with Gasteiger partial charge in [-0.2, -0.15) is 0 Å². The van der Waals surface area contributed by atoms with Gasteiger partial charge in [-0.25, -0.2) is 22.5 Å². The number of rotatable bonds is 4. The number of nitrogens with zero attached hydrogens (tertiary/aromatic N) is 1. The molecule has 0 saturated heterocycles. The van der Waals surface area contributed by atoms with Crippen LogP contribution in [0.5, 0.6) is 11.5 Å². The van der Waals surface area contributed by atoms with Crippen molar-refractivity contribution >= 4 is 33.3 Å². The second kappa shape index (κ2) is 8.20. The molecule has 0 unspecified atom stereocenters. The van der Waals surface area contributed by atoms with E-state index in [0.29, 0.717) is 21.9 Å². The van der Waals surface area contributed by atoms with E-state index < -0.39 is 21.9 Å². The van der Waals surface area contributed by atoms with Gasteiger partial charge in [0.2, 0.25) is 5.96 Å². The molecule has 4 rings (SSSR count). The average Bonchev–Trinajstić information content (AvgIpc) is 2.70. The molecule has 1 atom stereocenters. The Balaban J connectivity index is 1.76. The third kappa shape index (κ3) is 4.35. The monoisotopic (exact) mass is 459 g/mol. The van der Waals surface area contributed by atoms with Crippen LogP contribution in [-0.2, 0) is 10.0 Å². The Hall–Kier alpha value is -3.10. The molecule has 3 aromatic carbocycles. The molecule has 2 N–H and O–H groups in total. The Kier molecular flexibility index (Phi) is 5.60. The van der Waals surface area contributed by atoms with E-state index >= 15 is 0 Å². The van der Waals surface area contributed by atoms with Crippen molar-refractivity contribution in [1.29, 1.82) is 0 Å². The molecule has 160 valence electrons. The number of fused-ring (bicyclic) bond motifs is 1. The summed E-state index contributed by atoms with van der Waals surface area (Å²) >= 11 is 6.20. The van der Waals surface area contributed by atoms with Crippen LogP contribution < -0.4 is 14.8 Å². The van der Waals surface area contributed by atoms with Crippen molar-refractivity contribution in [3.8, 4) is 11.5 Å². The molecule has 31 heavy (non-hydrogen) atoms. The zero-order valence-corrected chi connectivity index (χ0v) is 18.3. The second-order valence-electron chi connectivity index (χ2n) is 7.07. The molecule has 0 saturated carbocycles. The van der Waals surface area contributed by atoms with Gasteiger partial charge in [-0.1, -0.05) is 41.9 Å². The minimum absolute atomic E-state index is 0.0204. The van der Waals surface area contributed by atoms with E-state index in [2.05, 4.69) is 15.0 Å². The van der Waals surface area contributed by atoms with E-state index in [4.69, 9.17) is 16.3 Å². The molecule has 9 heteroatoms. The maximum atomic E-state index is 14.1. The molecular weight excluding hydrogens is 441 g/mol. The smallest absolute Gasteiger partial charge is 0.266 e. The summed E-state index contributed by atoms with van der Waals surface area (Å²) in [4.78, 5) is 4.36. The Labute approximate surface area is 184 Å². The van der Waals surface area contributed by atoms with E-state index in [1.165, 1.54) is 12.1 Å². The van der Waals surface area contributed by atoms with E-state index in [1.54, 1.807) is 62.4 Å². The van der Waals surface area contributed by atoms with Gasteiger partial charge in [0.15, 0.2) is 5.75 Å². The van der Waals surface area contributed by atoms with Crippen LogP contribution in [0.4, 0.5) is 10.1 Å². The van der Waals surface area contributed by atoms with Crippen molar-refractivity contribution in [3.05, 3.63) is 82.6 Å². The number of guanidine groups is 1. The fourth-order valence-corrected chi connectivity index (χ4v) is 4.65. The number of anilines is 1. The van der Waals surface area contributed by atoms with Crippen LogP contribution in [0.2, 0.25) is 5.02 Å². The average molecular weight is 460 g/mol. The topological polar surface area (TPSA) is 79.8 Å². The number of benzene rings is 3. The van der Waals surface area contributed by atoms with Crippen molar-refractivity contribution in [2.75, 3.05) is 5.32 Å². The van der Waals surface area contributed by atoms with Gasteiger partial charge in [-0.3, -0.25) is 0 Å². The summed E-state index contributed by atoms with van der Waals surface area (Å²) in [5.74, 6) is 0.209. The summed E-state index contributed by atoms with van der Waals surface area (Å²) in [6.45, 7) is 3.44. The van der Waals surface area contributed by atoms with Gasteiger partial charge in [0.25, 0.3) is 10.0 Å². The van der Waals surface area contributed by atoms with Gasteiger partial charge < -0.3 is 10.1 Å². The molecule has 0 spiro atoms. The molecule has 0 aromatic heterocycles. The molecule has 0 fully saturated rings. The fraction of sp³-hybridized carbons (Fsp3) is 0.136. The number of halogens is 2. The van der Waals surface area contributed by atoms with Gasteiger partial charge in [0.05, 0.1) is 11.1 Å². The number of aryl methyl sites for hydroxylation is 1. The standard InChI is InChI=1S/C22H19ClFN3O3S/c1-13-11-19(30-18-10-6-4-8-16(18)23)21-20(12-13)31(28,29)27-22(26-21)25-14(2)15-7-3-5-9-17(15)24/h3-12,14H,1-2H3,(H2,25,26,27)/t14-/m0/s1.